The molecule has 16 heavy (non-hydrogen) atoms. The molecule has 0 aromatic heterocycles. The molecule has 2 aromatic carbocycles. The quantitative estimate of drug-likeness (QED) is 0.918. The molecule has 0 radical (unpaired) electrons. The zero-order chi connectivity index (χ0) is 11.7. The first-order valence-corrected chi connectivity index (χ1v) is 5.42. The van der Waals surface area contributed by atoms with E-state index >= 15 is 0 Å². The third kappa shape index (κ3) is 1.76. The van der Waals surface area contributed by atoms with E-state index in [4.69, 9.17) is 9.84 Å². The Balaban J connectivity index is 2.84. The van der Waals surface area contributed by atoms with Crippen LogP contribution in [0.4, 0.5) is 0 Å². The number of rotatable bonds is 2. The second kappa shape index (κ2) is 4.14. The van der Waals surface area contributed by atoms with Gasteiger partial charge in [-0.15, -0.1) is 0 Å². The smallest absolute Gasteiger partial charge is 0.335 e. The van der Waals surface area contributed by atoms with E-state index in [0.717, 1.165) is 15.2 Å². The Bertz CT molecular complexity index is 563. The van der Waals surface area contributed by atoms with Gasteiger partial charge in [0.15, 0.2) is 0 Å². The van der Waals surface area contributed by atoms with Crippen molar-refractivity contribution in [2.75, 3.05) is 7.11 Å². The zero-order valence-corrected chi connectivity index (χ0v) is 10.1. The average molecular weight is 281 g/mol. The van der Waals surface area contributed by atoms with Crippen molar-refractivity contribution in [2.24, 2.45) is 0 Å². The summed E-state index contributed by atoms with van der Waals surface area (Å²) in [6.45, 7) is 0. The Hall–Kier alpha value is -1.55. The van der Waals surface area contributed by atoms with Crippen LogP contribution in [-0.2, 0) is 0 Å². The summed E-state index contributed by atoms with van der Waals surface area (Å²) >= 11 is 3.42. The Morgan fingerprint density at radius 2 is 2.12 bits per heavy atom. The van der Waals surface area contributed by atoms with E-state index < -0.39 is 5.97 Å². The molecule has 0 aliphatic rings. The first kappa shape index (κ1) is 11.0. The second-order valence-electron chi connectivity index (χ2n) is 3.32. The van der Waals surface area contributed by atoms with Gasteiger partial charge >= 0.3 is 5.97 Å². The molecule has 0 unspecified atom stereocenters. The average Bonchev–Trinajstić information content (AvgIpc) is 2.27. The van der Waals surface area contributed by atoms with Crippen molar-refractivity contribution in [2.45, 2.75) is 0 Å². The molecule has 0 saturated heterocycles. The number of methoxy groups -OCH3 is 1. The predicted molar refractivity (Wildman–Crippen MR) is 65.2 cm³/mol. The first-order chi connectivity index (χ1) is 7.63. The molecule has 1 N–H and O–H groups in total. The lowest BCUT2D eigenvalue weighted by Gasteiger charge is -2.08. The minimum Gasteiger partial charge on any atom is -0.496 e. The number of hydrogen-bond acceptors (Lipinski definition) is 2. The van der Waals surface area contributed by atoms with Crippen LogP contribution < -0.4 is 4.74 Å². The number of carboxylic acids is 1. The minimum atomic E-state index is -0.958. The van der Waals surface area contributed by atoms with E-state index in [0.29, 0.717) is 5.75 Å². The number of carboxylic acid groups (broad SMARTS) is 1. The minimum absolute atomic E-state index is 0.224. The van der Waals surface area contributed by atoms with Gasteiger partial charge in [0.05, 0.1) is 12.7 Å². The van der Waals surface area contributed by atoms with Gasteiger partial charge in [0.25, 0.3) is 0 Å². The number of carbonyl (C=O) groups is 1. The van der Waals surface area contributed by atoms with Crippen molar-refractivity contribution in [1.29, 1.82) is 0 Å². The standard InChI is InChI=1S/C12H9BrO3/c1-16-10-6-8(12(14)15)5-7-3-2-4-9(13)11(7)10/h2-6H,1H3,(H,14,15). The third-order valence-corrected chi connectivity index (χ3v) is 3.02. The number of halogens is 1. The summed E-state index contributed by atoms with van der Waals surface area (Å²) in [5.74, 6) is -0.400. The third-order valence-electron chi connectivity index (χ3n) is 2.36. The van der Waals surface area contributed by atoms with E-state index in [1.54, 1.807) is 6.07 Å². The van der Waals surface area contributed by atoms with Gasteiger partial charge in [0.1, 0.15) is 5.75 Å². The highest BCUT2D eigenvalue weighted by atomic mass is 79.9. The van der Waals surface area contributed by atoms with Crippen molar-refractivity contribution >= 4 is 32.7 Å². The van der Waals surface area contributed by atoms with Crippen LogP contribution in [0.25, 0.3) is 10.8 Å². The summed E-state index contributed by atoms with van der Waals surface area (Å²) in [5, 5.41) is 10.7. The molecule has 4 heteroatoms. The molecule has 82 valence electrons. The maximum absolute atomic E-state index is 10.9. The second-order valence-corrected chi connectivity index (χ2v) is 4.18. The Morgan fingerprint density at radius 1 is 1.38 bits per heavy atom. The molecule has 0 atom stereocenters. The molecule has 0 fully saturated rings. The molecule has 0 amide bonds. The SMILES string of the molecule is COc1cc(C(=O)O)cc2cccc(Br)c12. The fourth-order valence-electron chi connectivity index (χ4n) is 1.63. The Morgan fingerprint density at radius 3 is 2.75 bits per heavy atom. The van der Waals surface area contributed by atoms with Crippen LogP contribution in [0.1, 0.15) is 10.4 Å². The Labute approximate surface area is 101 Å². The first-order valence-electron chi connectivity index (χ1n) is 4.63. The molecule has 0 aliphatic carbocycles. The number of hydrogen-bond donors (Lipinski definition) is 1. The molecule has 0 heterocycles. The van der Waals surface area contributed by atoms with E-state index in [-0.39, 0.29) is 5.56 Å². The van der Waals surface area contributed by atoms with Crippen molar-refractivity contribution in [3.05, 3.63) is 40.4 Å². The van der Waals surface area contributed by atoms with Gasteiger partial charge < -0.3 is 9.84 Å². The highest BCUT2D eigenvalue weighted by molar-refractivity contribution is 9.10. The maximum atomic E-state index is 10.9. The topological polar surface area (TPSA) is 46.5 Å². The lowest BCUT2D eigenvalue weighted by molar-refractivity contribution is 0.0696. The number of benzene rings is 2. The lowest BCUT2D eigenvalue weighted by atomic mass is 10.1. The highest BCUT2D eigenvalue weighted by Crippen LogP contribution is 2.33. The molecule has 2 rings (SSSR count). The summed E-state index contributed by atoms with van der Waals surface area (Å²) in [6.07, 6.45) is 0. The fraction of sp³-hybridized carbons (Fsp3) is 0.0833. The van der Waals surface area contributed by atoms with Gasteiger partial charge in [-0.1, -0.05) is 28.1 Å². The van der Waals surface area contributed by atoms with Crippen LogP contribution in [0, 0.1) is 0 Å². The van der Waals surface area contributed by atoms with Gasteiger partial charge in [-0.25, -0.2) is 4.79 Å². The summed E-state index contributed by atoms with van der Waals surface area (Å²) in [5.41, 5.74) is 0.224. The van der Waals surface area contributed by atoms with Crippen LogP contribution >= 0.6 is 15.9 Å². The van der Waals surface area contributed by atoms with Gasteiger partial charge in [-0.05, 0) is 23.6 Å². The van der Waals surface area contributed by atoms with Crippen LogP contribution in [0.2, 0.25) is 0 Å². The molecule has 0 saturated carbocycles. The van der Waals surface area contributed by atoms with Crippen molar-refractivity contribution < 1.29 is 14.6 Å². The van der Waals surface area contributed by atoms with Crippen LogP contribution in [0.5, 0.6) is 5.75 Å². The van der Waals surface area contributed by atoms with Crippen LogP contribution in [-0.4, -0.2) is 18.2 Å². The highest BCUT2D eigenvalue weighted by Gasteiger charge is 2.11. The number of ether oxygens (including phenoxy) is 1. The fourth-order valence-corrected chi connectivity index (χ4v) is 2.21. The van der Waals surface area contributed by atoms with Crippen molar-refractivity contribution in [3.8, 4) is 5.75 Å². The van der Waals surface area contributed by atoms with E-state index in [2.05, 4.69) is 15.9 Å². The number of aromatic carboxylic acids is 1. The molecule has 3 nitrogen and oxygen atoms in total. The van der Waals surface area contributed by atoms with Gasteiger partial charge in [-0.2, -0.15) is 0 Å². The van der Waals surface area contributed by atoms with Crippen molar-refractivity contribution in [1.82, 2.24) is 0 Å². The van der Waals surface area contributed by atoms with E-state index in [9.17, 15) is 4.79 Å². The number of fused-ring (bicyclic) bond motifs is 1. The summed E-state index contributed by atoms with van der Waals surface area (Å²) < 4.78 is 6.09. The van der Waals surface area contributed by atoms with E-state index in [1.165, 1.54) is 13.2 Å². The molecule has 0 spiro atoms. The van der Waals surface area contributed by atoms with E-state index in [1.807, 2.05) is 18.2 Å². The lowest BCUT2D eigenvalue weighted by Crippen LogP contribution is -1.97. The van der Waals surface area contributed by atoms with Gasteiger partial charge in [0.2, 0.25) is 0 Å². The molecule has 2 aromatic rings. The molecular formula is C12H9BrO3. The predicted octanol–water partition coefficient (Wildman–Crippen LogP) is 3.31. The molecular weight excluding hydrogens is 272 g/mol. The maximum Gasteiger partial charge on any atom is 0.335 e. The molecule has 0 aliphatic heterocycles. The molecule has 0 bridgehead atoms. The zero-order valence-electron chi connectivity index (χ0n) is 8.53. The summed E-state index contributed by atoms with van der Waals surface area (Å²) in [6, 6.07) is 8.76. The van der Waals surface area contributed by atoms with Crippen LogP contribution in [0.15, 0.2) is 34.8 Å². The monoisotopic (exact) mass is 280 g/mol. The van der Waals surface area contributed by atoms with Gasteiger partial charge in [0, 0.05) is 9.86 Å². The largest absolute Gasteiger partial charge is 0.496 e. The Kier molecular flexibility index (Phi) is 2.83. The summed E-state index contributed by atoms with van der Waals surface area (Å²) in [4.78, 5) is 10.9. The van der Waals surface area contributed by atoms with Gasteiger partial charge in [-0.3, -0.25) is 0 Å². The summed E-state index contributed by atoms with van der Waals surface area (Å²) in [7, 11) is 1.53. The normalized spacial score (nSPS) is 10.4. The van der Waals surface area contributed by atoms with Crippen molar-refractivity contribution in [3.63, 3.8) is 0 Å². The van der Waals surface area contributed by atoms with Crippen LogP contribution in [0.3, 0.4) is 0 Å².